The fourth-order valence-electron chi connectivity index (χ4n) is 1.59. The van der Waals surface area contributed by atoms with Crippen LogP contribution in [0.5, 0.6) is 5.75 Å². The number of ether oxygens (including phenoxy) is 2. The van der Waals surface area contributed by atoms with Crippen molar-refractivity contribution in [2.45, 2.75) is 32.2 Å². The predicted molar refractivity (Wildman–Crippen MR) is 65.9 cm³/mol. The quantitative estimate of drug-likeness (QED) is 0.621. The van der Waals surface area contributed by atoms with Crippen LogP contribution < -0.4 is 10.5 Å². The Balaban J connectivity index is 2.53. The topological polar surface area (TPSA) is 44.5 Å². The van der Waals surface area contributed by atoms with E-state index in [1.54, 1.807) is 6.07 Å². The highest BCUT2D eigenvalue weighted by atomic mass is 19.4. The van der Waals surface area contributed by atoms with Crippen molar-refractivity contribution in [3.8, 4) is 5.75 Å². The van der Waals surface area contributed by atoms with Crippen LogP contribution in [0.25, 0.3) is 0 Å². The third-order valence-corrected chi connectivity index (χ3v) is 2.57. The van der Waals surface area contributed by atoms with Gasteiger partial charge < -0.3 is 10.5 Å². The Bertz CT molecular complexity index is 423. The highest BCUT2D eigenvalue weighted by Gasteiger charge is 2.28. The van der Waals surface area contributed by atoms with E-state index in [4.69, 9.17) is 10.5 Å². The lowest BCUT2D eigenvalue weighted by Crippen LogP contribution is -2.21. The second-order valence-corrected chi connectivity index (χ2v) is 4.31. The SMILES string of the molecule is CCC(N)Cc1cc(F)cc(OCCOC(F)(F)F)c1. The first-order chi connectivity index (χ1) is 9.30. The Morgan fingerprint density at radius 1 is 1.20 bits per heavy atom. The molecule has 0 heterocycles. The highest BCUT2D eigenvalue weighted by Crippen LogP contribution is 2.19. The summed E-state index contributed by atoms with van der Waals surface area (Å²) < 4.78 is 57.2. The number of halogens is 4. The number of hydrogen-bond acceptors (Lipinski definition) is 3. The van der Waals surface area contributed by atoms with Gasteiger partial charge in [-0.2, -0.15) is 0 Å². The van der Waals surface area contributed by atoms with Gasteiger partial charge in [0, 0.05) is 12.1 Å². The van der Waals surface area contributed by atoms with Crippen molar-refractivity contribution in [1.29, 1.82) is 0 Å². The summed E-state index contributed by atoms with van der Waals surface area (Å²) in [5, 5.41) is 0. The molecule has 7 heteroatoms. The molecule has 0 saturated carbocycles. The van der Waals surface area contributed by atoms with Crippen molar-refractivity contribution in [2.75, 3.05) is 13.2 Å². The molecule has 1 aromatic rings. The molecule has 0 radical (unpaired) electrons. The van der Waals surface area contributed by atoms with E-state index in [2.05, 4.69) is 4.74 Å². The van der Waals surface area contributed by atoms with Crippen LogP contribution in [0.15, 0.2) is 18.2 Å². The van der Waals surface area contributed by atoms with E-state index in [0.29, 0.717) is 12.0 Å². The van der Waals surface area contributed by atoms with Crippen LogP contribution in [-0.2, 0) is 11.2 Å². The maximum absolute atomic E-state index is 13.3. The van der Waals surface area contributed by atoms with Crippen LogP contribution in [0.4, 0.5) is 17.6 Å². The number of benzene rings is 1. The molecule has 0 aliphatic rings. The molecule has 0 fully saturated rings. The Kier molecular flexibility index (Phi) is 6.22. The largest absolute Gasteiger partial charge is 0.522 e. The number of rotatable bonds is 7. The molecule has 0 saturated heterocycles. The van der Waals surface area contributed by atoms with Gasteiger partial charge in [0.2, 0.25) is 0 Å². The fraction of sp³-hybridized carbons (Fsp3) is 0.538. The Morgan fingerprint density at radius 3 is 2.50 bits per heavy atom. The van der Waals surface area contributed by atoms with Crippen LogP contribution in [0.3, 0.4) is 0 Å². The maximum Gasteiger partial charge on any atom is 0.522 e. The minimum Gasteiger partial charge on any atom is -0.491 e. The summed E-state index contributed by atoms with van der Waals surface area (Å²) in [4.78, 5) is 0. The Hall–Kier alpha value is -1.34. The Labute approximate surface area is 114 Å². The molecule has 0 bridgehead atoms. The Morgan fingerprint density at radius 2 is 1.90 bits per heavy atom. The summed E-state index contributed by atoms with van der Waals surface area (Å²) in [5.41, 5.74) is 6.41. The molecule has 1 aromatic carbocycles. The first kappa shape index (κ1) is 16.7. The maximum atomic E-state index is 13.3. The molecule has 1 unspecified atom stereocenters. The molecule has 0 aromatic heterocycles. The second kappa shape index (κ2) is 7.44. The normalized spacial score (nSPS) is 13.3. The molecule has 0 amide bonds. The van der Waals surface area contributed by atoms with Crippen molar-refractivity contribution in [1.82, 2.24) is 0 Å². The van der Waals surface area contributed by atoms with Crippen molar-refractivity contribution >= 4 is 0 Å². The summed E-state index contributed by atoms with van der Waals surface area (Å²) in [7, 11) is 0. The summed E-state index contributed by atoms with van der Waals surface area (Å²) in [6, 6.07) is 3.90. The van der Waals surface area contributed by atoms with Gasteiger partial charge in [-0.05, 0) is 30.5 Å². The third-order valence-electron chi connectivity index (χ3n) is 2.57. The zero-order valence-corrected chi connectivity index (χ0v) is 11.0. The standard InChI is InChI=1S/C13H17F4NO2/c1-2-11(18)6-9-5-10(14)8-12(7-9)19-3-4-20-13(15,16)17/h5,7-8,11H,2-4,6,18H2,1H3. The van der Waals surface area contributed by atoms with Gasteiger partial charge in [0.25, 0.3) is 0 Å². The number of nitrogens with two attached hydrogens (primary N) is 1. The second-order valence-electron chi connectivity index (χ2n) is 4.31. The van der Waals surface area contributed by atoms with Crippen molar-refractivity contribution in [3.05, 3.63) is 29.6 Å². The fourth-order valence-corrected chi connectivity index (χ4v) is 1.59. The summed E-state index contributed by atoms with van der Waals surface area (Å²) in [6.45, 7) is 0.946. The monoisotopic (exact) mass is 295 g/mol. The van der Waals surface area contributed by atoms with E-state index in [0.717, 1.165) is 12.5 Å². The van der Waals surface area contributed by atoms with Gasteiger partial charge in [0.15, 0.2) is 0 Å². The lowest BCUT2D eigenvalue weighted by Gasteiger charge is -2.12. The van der Waals surface area contributed by atoms with Gasteiger partial charge >= 0.3 is 6.36 Å². The van der Waals surface area contributed by atoms with Crippen LogP contribution in [0.1, 0.15) is 18.9 Å². The molecule has 2 N–H and O–H groups in total. The molecular formula is C13H17F4NO2. The lowest BCUT2D eigenvalue weighted by atomic mass is 10.0. The van der Waals surface area contributed by atoms with E-state index in [-0.39, 0.29) is 18.4 Å². The zero-order valence-electron chi connectivity index (χ0n) is 11.0. The number of alkyl halides is 3. The lowest BCUT2D eigenvalue weighted by molar-refractivity contribution is -0.325. The molecule has 20 heavy (non-hydrogen) atoms. The van der Waals surface area contributed by atoms with Crippen molar-refractivity contribution in [2.24, 2.45) is 5.73 Å². The average molecular weight is 295 g/mol. The van der Waals surface area contributed by atoms with Gasteiger partial charge in [-0.1, -0.05) is 6.92 Å². The van der Waals surface area contributed by atoms with Crippen LogP contribution in [-0.4, -0.2) is 25.6 Å². The van der Waals surface area contributed by atoms with E-state index < -0.39 is 18.8 Å². The molecule has 0 spiro atoms. The minimum atomic E-state index is -4.69. The summed E-state index contributed by atoms with van der Waals surface area (Å²) >= 11 is 0. The molecule has 1 atom stereocenters. The average Bonchev–Trinajstić information content (AvgIpc) is 2.32. The molecule has 3 nitrogen and oxygen atoms in total. The molecule has 0 aliphatic heterocycles. The third kappa shape index (κ3) is 6.72. The molecule has 0 aliphatic carbocycles. The number of hydrogen-bond donors (Lipinski definition) is 1. The van der Waals surface area contributed by atoms with Gasteiger partial charge in [-0.25, -0.2) is 4.39 Å². The van der Waals surface area contributed by atoms with E-state index in [9.17, 15) is 17.6 Å². The smallest absolute Gasteiger partial charge is 0.491 e. The van der Waals surface area contributed by atoms with Gasteiger partial charge in [0.1, 0.15) is 18.2 Å². The summed E-state index contributed by atoms with van der Waals surface area (Å²) in [6.07, 6.45) is -3.47. The van der Waals surface area contributed by atoms with Crippen molar-refractivity contribution in [3.63, 3.8) is 0 Å². The van der Waals surface area contributed by atoms with E-state index in [1.165, 1.54) is 6.07 Å². The van der Waals surface area contributed by atoms with Crippen LogP contribution in [0.2, 0.25) is 0 Å². The van der Waals surface area contributed by atoms with E-state index in [1.807, 2.05) is 6.92 Å². The van der Waals surface area contributed by atoms with Gasteiger partial charge in [-0.15, -0.1) is 13.2 Å². The van der Waals surface area contributed by atoms with E-state index >= 15 is 0 Å². The molecule has 114 valence electrons. The molecular weight excluding hydrogens is 278 g/mol. The first-order valence-electron chi connectivity index (χ1n) is 6.18. The highest BCUT2D eigenvalue weighted by molar-refractivity contribution is 5.30. The van der Waals surface area contributed by atoms with Crippen LogP contribution >= 0.6 is 0 Å². The van der Waals surface area contributed by atoms with Gasteiger partial charge in [-0.3, -0.25) is 4.74 Å². The minimum absolute atomic E-state index is 0.0989. The predicted octanol–water partition coefficient (Wildman–Crippen LogP) is 3.02. The van der Waals surface area contributed by atoms with Crippen molar-refractivity contribution < 1.29 is 27.0 Å². The summed E-state index contributed by atoms with van der Waals surface area (Å²) in [5.74, 6) is -0.355. The van der Waals surface area contributed by atoms with Crippen LogP contribution in [0, 0.1) is 5.82 Å². The first-order valence-corrected chi connectivity index (χ1v) is 6.18. The van der Waals surface area contributed by atoms with Gasteiger partial charge in [0.05, 0.1) is 6.61 Å². The zero-order chi connectivity index (χ0) is 15.2. The molecule has 1 rings (SSSR count).